The molecule has 33 heavy (non-hydrogen) atoms. The number of aliphatic hydroxyl groups excluding tert-OH is 1. The summed E-state index contributed by atoms with van der Waals surface area (Å²) in [5, 5.41) is 19.2. The highest BCUT2D eigenvalue weighted by atomic mass is 32.2. The number of nitrogens with zero attached hydrogens (tertiary/aromatic N) is 3. The molecule has 0 aliphatic heterocycles. The van der Waals surface area contributed by atoms with Gasteiger partial charge >= 0.3 is 6.03 Å². The fourth-order valence-electron chi connectivity index (χ4n) is 4.44. The maximum atomic E-state index is 13.3. The van der Waals surface area contributed by atoms with Crippen LogP contribution in [0.5, 0.6) is 0 Å². The number of ether oxygens (including phenoxy) is 1. The molecule has 2 aromatic heterocycles. The number of hydrogen-bond donors (Lipinski definition) is 3. The monoisotopic (exact) mass is 493 g/mol. The summed E-state index contributed by atoms with van der Waals surface area (Å²) in [6, 6.07) is -0.778. The van der Waals surface area contributed by atoms with E-state index >= 15 is 0 Å². The highest BCUT2D eigenvalue weighted by Gasteiger charge is 2.36. The van der Waals surface area contributed by atoms with E-state index in [0.29, 0.717) is 5.01 Å². The number of hydrogen-bond acceptors (Lipinski definition) is 7. The van der Waals surface area contributed by atoms with Gasteiger partial charge in [0.2, 0.25) is 0 Å². The largest absolute Gasteiger partial charge is 0.390 e. The van der Waals surface area contributed by atoms with Gasteiger partial charge in [0, 0.05) is 18.2 Å². The summed E-state index contributed by atoms with van der Waals surface area (Å²) in [7, 11) is -2.10. The summed E-state index contributed by atoms with van der Waals surface area (Å²) in [5.74, 6) is 0. The number of nitrogens with two attached hydrogens (primary N) is 1. The van der Waals surface area contributed by atoms with Crippen LogP contribution in [-0.2, 0) is 51.5 Å². The van der Waals surface area contributed by atoms with Crippen LogP contribution in [0.4, 0.5) is 10.5 Å². The standard InChI is InChI=1S/C22H31N5O4S2/c1-21(2)10-9-13-16(12-7-6-8-14(12)24-17(13)21)26-20(29)27-33(23,30)18-15(11-28)25-19(32-18)22(3,4)31-5/h28H,6-11H2,1-5H3,(H3,23,24,26,27,29,30)/t33-/m0/s1. The highest BCUT2D eigenvalue weighted by Crippen LogP contribution is 2.44. The third kappa shape index (κ3) is 4.32. The van der Waals surface area contributed by atoms with Gasteiger partial charge in [0.25, 0.3) is 0 Å². The number of nitrogens with one attached hydrogen (secondary N) is 1. The molecule has 2 aromatic rings. The molecule has 0 fully saturated rings. The molecule has 9 nitrogen and oxygen atoms in total. The molecule has 0 saturated carbocycles. The van der Waals surface area contributed by atoms with Crippen LogP contribution < -0.4 is 10.5 Å². The number of amides is 2. The number of thiazole rings is 1. The number of rotatable bonds is 5. The molecule has 2 heterocycles. The van der Waals surface area contributed by atoms with E-state index < -0.39 is 28.2 Å². The molecule has 4 rings (SSSR count). The van der Waals surface area contributed by atoms with Crippen LogP contribution in [0.15, 0.2) is 8.57 Å². The van der Waals surface area contributed by atoms with E-state index in [4.69, 9.17) is 14.9 Å². The summed E-state index contributed by atoms with van der Waals surface area (Å²) >= 11 is 1.03. The number of carbonyl (C=O) groups excluding carboxylic acids is 1. The lowest BCUT2D eigenvalue weighted by Gasteiger charge is -2.20. The predicted molar refractivity (Wildman–Crippen MR) is 128 cm³/mol. The molecule has 2 aliphatic rings. The number of urea groups is 1. The van der Waals surface area contributed by atoms with E-state index in [1.165, 1.54) is 7.11 Å². The molecule has 0 radical (unpaired) electrons. The van der Waals surface area contributed by atoms with Gasteiger partial charge in [0.1, 0.15) is 14.8 Å². The minimum absolute atomic E-state index is 0.0613. The molecule has 2 aliphatic carbocycles. The number of fused-ring (bicyclic) bond motifs is 2. The van der Waals surface area contributed by atoms with Crippen LogP contribution in [-0.4, -0.2) is 32.4 Å². The van der Waals surface area contributed by atoms with Gasteiger partial charge in [-0.25, -0.2) is 19.1 Å². The van der Waals surface area contributed by atoms with Crippen LogP contribution in [0.25, 0.3) is 0 Å². The first-order valence-corrected chi connectivity index (χ1v) is 13.4. The molecule has 11 heteroatoms. The molecule has 0 aromatic carbocycles. The van der Waals surface area contributed by atoms with Crippen LogP contribution in [0.1, 0.15) is 73.8 Å². The van der Waals surface area contributed by atoms with Crippen molar-refractivity contribution in [2.24, 2.45) is 9.50 Å². The van der Waals surface area contributed by atoms with E-state index in [0.717, 1.165) is 71.6 Å². The smallest absolute Gasteiger partial charge is 0.354 e. The molecule has 0 unspecified atom stereocenters. The van der Waals surface area contributed by atoms with Gasteiger partial charge in [-0.2, -0.15) is 0 Å². The quantitative estimate of drug-likeness (QED) is 0.582. The Balaban J connectivity index is 1.72. The molecular formula is C22H31N5O4S2. The Morgan fingerprint density at radius 2 is 2.03 bits per heavy atom. The molecule has 4 N–H and O–H groups in total. The second-order valence-corrected chi connectivity index (χ2v) is 12.7. The van der Waals surface area contributed by atoms with Crippen molar-refractivity contribution in [3.05, 3.63) is 33.2 Å². The summed E-state index contributed by atoms with van der Waals surface area (Å²) in [5.41, 5.74) is 4.16. The normalized spacial score (nSPS) is 18.5. The van der Waals surface area contributed by atoms with E-state index in [2.05, 4.69) is 28.5 Å². The topological polar surface area (TPSA) is 140 Å². The molecule has 0 saturated heterocycles. The zero-order valence-corrected chi connectivity index (χ0v) is 21.3. The lowest BCUT2D eigenvalue weighted by molar-refractivity contribution is 0.0188. The number of anilines is 1. The van der Waals surface area contributed by atoms with Crippen molar-refractivity contribution in [1.29, 1.82) is 0 Å². The maximum Gasteiger partial charge on any atom is 0.354 e. The lowest BCUT2D eigenvalue weighted by atomic mass is 9.90. The fraction of sp³-hybridized carbons (Fsp3) is 0.591. The van der Waals surface area contributed by atoms with Crippen molar-refractivity contribution < 1.29 is 18.8 Å². The average molecular weight is 494 g/mol. The first kappa shape index (κ1) is 24.2. The van der Waals surface area contributed by atoms with Crippen LogP contribution in [0.2, 0.25) is 0 Å². The van der Waals surface area contributed by atoms with Gasteiger partial charge in [-0.3, -0.25) is 4.98 Å². The minimum atomic E-state index is -3.63. The zero-order valence-electron chi connectivity index (χ0n) is 19.7. The summed E-state index contributed by atoms with van der Waals surface area (Å²) < 4.78 is 22.7. The SMILES string of the molecule is COC(C)(C)c1nc(CO)c([S@@](N)(=O)=NC(=O)Nc2c3c(nc4c2CCC4(C)C)CCC3)s1. The van der Waals surface area contributed by atoms with E-state index in [9.17, 15) is 14.1 Å². The molecule has 2 amide bonds. The third-order valence-electron chi connectivity index (χ3n) is 6.52. The zero-order chi connectivity index (χ0) is 24.2. The number of carbonyl (C=O) groups is 1. The summed E-state index contributed by atoms with van der Waals surface area (Å²) in [6.45, 7) is 7.44. The fourth-order valence-corrected chi connectivity index (χ4v) is 6.98. The predicted octanol–water partition coefficient (Wildman–Crippen LogP) is 3.56. The minimum Gasteiger partial charge on any atom is -0.390 e. The number of aryl methyl sites for hydroxylation is 1. The van der Waals surface area contributed by atoms with E-state index in [1.54, 1.807) is 13.8 Å². The number of pyridine rings is 1. The number of aliphatic hydroxyl groups is 1. The van der Waals surface area contributed by atoms with Crippen molar-refractivity contribution in [2.45, 2.75) is 81.6 Å². The number of aromatic nitrogens is 2. The van der Waals surface area contributed by atoms with Gasteiger partial charge < -0.3 is 15.2 Å². The van der Waals surface area contributed by atoms with Crippen LogP contribution >= 0.6 is 11.3 Å². The van der Waals surface area contributed by atoms with Crippen molar-refractivity contribution in [3.63, 3.8) is 0 Å². The first-order valence-electron chi connectivity index (χ1n) is 11.0. The van der Waals surface area contributed by atoms with Gasteiger partial charge in [-0.05, 0) is 57.1 Å². The Labute approximate surface area is 198 Å². The molecule has 1 atom stereocenters. The molecule has 180 valence electrons. The second kappa shape index (κ2) is 8.38. The molecule has 0 spiro atoms. The Kier molecular flexibility index (Phi) is 6.15. The van der Waals surface area contributed by atoms with Crippen LogP contribution in [0, 0.1) is 0 Å². The van der Waals surface area contributed by atoms with Crippen molar-refractivity contribution in [2.75, 3.05) is 12.4 Å². The summed E-state index contributed by atoms with van der Waals surface area (Å²) in [6.07, 6.45) is 4.46. The van der Waals surface area contributed by atoms with Gasteiger partial charge in [0.15, 0.2) is 9.92 Å². The van der Waals surface area contributed by atoms with Crippen molar-refractivity contribution in [1.82, 2.24) is 9.97 Å². The van der Waals surface area contributed by atoms with E-state index in [1.807, 2.05) is 0 Å². The molecule has 0 bridgehead atoms. The summed E-state index contributed by atoms with van der Waals surface area (Å²) in [4.78, 5) is 22.2. The third-order valence-corrected chi connectivity index (χ3v) is 9.89. The van der Waals surface area contributed by atoms with Crippen LogP contribution in [0.3, 0.4) is 0 Å². The Bertz CT molecular complexity index is 1240. The van der Waals surface area contributed by atoms with Gasteiger partial charge in [0.05, 0.1) is 23.7 Å². The van der Waals surface area contributed by atoms with E-state index in [-0.39, 0.29) is 15.3 Å². The Morgan fingerprint density at radius 1 is 1.30 bits per heavy atom. The lowest BCUT2D eigenvalue weighted by Crippen LogP contribution is -2.20. The Morgan fingerprint density at radius 3 is 2.70 bits per heavy atom. The average Bonchev–Trinajstić information content (AvgIpc) is 3.45. The maximum absolute atomic E-state index is 13.3. The first-order chi connectivity index (χ1) is 15.4. The molecular weight excluding hydrogens is 462 g/mol. The van der Waals surface area contributed by atoms with Crippen molar-refractivity contribution >= 4 is 33.0 Å². The highest BCUT2D eigenvalue weighted by molar-refractivity contribution is 7.93. The van der Waals surface area contributed by atoms with Gasteiger partial charge in [-0.1, -0.05) is 13.8 Å². The Hall–Kier alpha value is -1.92. The van der Waals surface area contributed by atoms with Gasteiger partial charge in [-0.15, -0.1) is 15.7 Å². The second-order valence-electron chi connectivity index (χ2n) is 9.69. The van der Waals surface area contributed by atoms with Crippen molar-refractivity contribution in [3.8, 4) is 0 Å². The number of methoxy groups -OCH3 is 1.